The Morgan fingerprint density at radius 2 is 2.42 bits per heavy atom. The molecule has 1 heterocycles. The Hall–Kier alpha value is -0.850. The number of aromatic nitrogens is 1. The third-order valence-corrected chi connectivity index (χ3v) is 2.93. The summed E-state index contributed by atoms with van der Waals surface area (Å²) >= 11 is 1.64. The highest BCUT2D eigenvalue weighted by Crippen LogP contribution is 2.23. The predicted octanol–water partition coefficient (Wildman–Crippen LogP) is 1.50. The van der Waals surface area contributed by atoms with Crippen LogP contribution in [0.3, 0.4) is 0 Å². The zero-order valence-corrected chi connectivity index (χ0v) is 8.11. The number of hydrogen-bond acceptors (Lipinski definition) is 3. The summed E-state index contributed by atoms with van der Waals surface area (Å²) in [5.41, 5.74) is 6.28. The molecule has 0 aliphatic rings. The third-order valence-electron chi connectivity index (χ3n) is 1.72. The first-order valence-electron chi connectivity index (χ1n) is 3.83. The van der Waals surface area contributed by atoms with Crippen LogP contribution in [0.2, 0.25) is 0 Å². The van der Waals surface area contributed by atoms with Crippen LogP contribution in [0, 0.1) is 19.3 Å². The molecule has 1 unspecified atom stereocenters. The molecular formula is C9H12N2S. The van der Waals surface area contributed by atoms with Crippen molar-refractivity contribution in [2.24, 2.45) is 5.73 Å². The van der Waals surface area contributed by atoms with E-state index in [1.165, 1.54) is 0 Å². The molecule has 0 amide bonds. The fourth-order valence-electron chi connectivity index (χ4n) is 0.862. The van der Waals surface area contributed by atoms with Gasteiger partial charge in [-0.1, -0.05) is 6.92 Å². The topological polar surface area (TPSA) is 38.9 Å². The van der Waals surface area contributed by atoms with Crippen LogP contribution in [-0.2, 0) is 0 Å². The highest BCUT2D eigenvalue weighted by Gasteiger charge is 2.10. The standard InChI is InChI=1S/C9H12N2S/c1-4-8-7(3)12-9(11-8)6(2)5-10/h1,6H,5,10H2,2-3H3. The molecule has 0 bridgehead atoms. The van der Waals surface area contributed by atoms with Gasteiger partial charge in [0.15, 0.2) is 0 Å². The van der Waals surface area contributed by atoms with Crippen LogP contribution in [0.15, 0.2) is 0 Å². The fourth-order valence-corrected chi connectivity index (χ4v) is 1.81. The SMILES string of the molecule is C#Cc1nc(C(C)CN)sc1C. The molecule has 0 aliphatic heterocycles. The van der Waals surface area contributed by atoms with Gasteiger partial charge in [0.1, 0.15) is 5.69 Å². The molecule has 1 aromatic rings. The second kappa shape index (κ2) is 3.70. The molecule has 0 fully saturated rings. The maximum Gasteiger partial charge on any atom is 0.127 e. The third kappa shape index (κ3) is 1.66. The van der Waals surface area contributed by atoms with Crippen molar-refractivity contribution in [3.63, 3.8) is 0 Å². The van der Waals surface area contributed by atoms with Crippen LogP contribution < -0.4 is 5.73 Å². The van der Waals surface area contributed by atoms with E-state index in [4.69, 9.17) is 12.2 Å². The number of nitrogens with zero attached hydrogens (tertiary/aromatic N) is 1. The minimum absolute atomic E-state index is 0.316. The number of terminal acetylenes is 1. The summed E-state index contributed by atoms with van der Waals surface area (Å²) in [6, 6.07) is 0. The summed E-state index contributed by atoms with van der Waals surface area (Å²) in [5, 5.41) is 1.04. The van der Waals surface area contributed by atoms with Gasteiger partial charge in [-0.2, -0.15) is 0 Å². The lowest BCUT2D eigenvalue weighted by atomic mass is 10.2. The molecule has 0 spiro atoms. The second-order valence-electron chi connectivity index (χ2n) is 2.74. The van der Waals surface area contributed by atoms with Crippen LogP contribution in [0.25, 0.3) is 0 Å². The normalized spacial score (nSPS) is 12.5. The Kier molecular flexibility index (Phi) is 2.85. The Morgan fingerprint density at radius 1 is 1.75 bits per heavy atom. The van der Waals surface area contributed by atoms with Crippen molar-refractivity contribution in [1.82, 2.24) is 4.98 Å². The van der Waals surface area contributed by atoms with Gasteiger partial charge in [-0.15, -0.1) is 17.8 Å². The van der Waals surface area contributed by atoms with Crippen molar-refractivity contribution < 1.29 is 0 Å². The summed E-state index contributed by atoms with van der Waals surface area (Å²) in [4.78, 5) is 5.41. The van der Waals surface area contributed by atoms with Crippen LogP contribution in [0.4, 0.5) is 0 Å². The van der Waals surface area contributed by atoms with Crippen molar-refractivity contribution in [3.05, 3.63) is 15.6 Å². The molecular weight excluding hydrogens is 168 g/mol. The van der Waals surface area contributed by atoms with Gasteiger partial charge in [-0.3, -0.25) is 0 Å². The van der Waals surface area contributed by atoms with E-state index in [-0.39, 0.29) is 0 Å². The Bertz CT molecular complexity index is 309. The first-order chi connectivity index (χ1) is 5.69. The lowest BCUT2D eigenvalue weighted by Crippen LogP contribution is -2.08. The number of hydrogen-bond donors (Lipinski definition) is 1. The molecule has 0 radical (unpaired) electrons. The highest BCUT2D eigenvalue weighted by atomic mass is 32.1. The quantitative estimate of drug-likeness (QED) is 0.700. The summed E-state index contributed by atoms with van der Waals surface area (Å²) in [5.74, 6) is 2.87. The number of aryl methyl sites for hydroxylation is 1. The lowest BCUT2D eigenvalue weighted by Gasteiger charge is -2.01. The van der Waals surface area contributed by atoms with Crippen LogP contribution in [-0.4, -0.2) is 11.5 Å². The van der Waals surface area contributed by atoms with Gasteiger partial charge >= 0.3 is 0 Å². The van der Waals surface area contributed by atoms with E-state index in [2.05, 4.69) is 17.8 Å². The molecule has 0 saturated heterocycles. The summed E-state index contributed by atoms with van der Waals surface area (Å²) in [6.07, 6.45) is 5.27. The largest absolute Gasteiger partial charge is 0.330 e. The maximum atomic E-state index is 5.52. The molecule has 3 heteroatoms. The van der Waals surface area contributed by atoms with Gasteiger partial charge in [0.25, 0.3) is 0 Å². The molecule has 1 rings (SSSR count). The number of thiazole rings is 1. The summed E-state index contributed by atoms with van der Waals surface area (Å²) in [7, 11) is 0. The van der Waals surface area contributed by atoms with E-state index in [0.29, 0.717) is 12.5 Å². The van der Waals surface area contributed by atoms with Crippen molar-refractivity contribution in [2.75, 3.05) is 6.54 Å². The first-order valence-corrected chi connectivity index (χ1v) is 4.64. The molecule has 12 heavy (non-hydrogen) atoms. The molecule has 0 saturated carbocycles. The van der Waals surface area contributed by atoms with Gasteiger partial charge in [0, 0.05) is 17.3 Å². The molecule has 2 N–H and O–H groups in total. The number of rotatable bonds is 2. The van der Waals surface area contributed by atoms with E-state index in [0.717, 1.165) is 15.6 Å². The molecule has 2 nitrogen and oxygen atoms in total. The Labute approximate surface area is 76.8 Å². The average molecular weight is 180 g/mol. The summed E-state index contributed by atoms with van der Waals surface area (Å²) in [6.45, 7) is 4.66. The predicted molar refractivity (Wildman–Crippen MR) is 52.3 cm³/mol. The van der Waals surface area contributed by atoms with E-state index in [1.807, 2.05) is 6.92 Å². The van der Waals surface area contributed by atoms with Crippen molar-refractivity contribution in [1.29, 1.82) is 0 Å². The summed E-state index contributed by atoms with van der Waals surface area (Å²) < 4.78 is 0. The van der Waals surface area contributed by atoms with E-state index < -0.39 is 0 Å². The molecule has 1 aromatic heterocycles. The zero-order valence-electron chi connectivity index (χ0n) is 7.29. The molecule has 0 aliphatic carbocycles. The smallest absolute Gasteiger partial charge is 0.127 e. The van der Waals surface area contributed by atoms with Crippen LogP contribution in [0.5, 0.6) is 0 Å². The zero-order chi connectivity index (χ0) is 9.14. The number of nitrogens with two attached hydrogens (primary N) is 1. The minimum atomic E-state index is 0.316. The highest BCUT2D eigenvalue weighted by molar-refractivity contribution is 7.11. The van der Waals surface area contributed by atoms with E-state index in [9.17, 15) is 0 Å². The molecule has 0 aromatic carbocycles. The van der Waals surface area contributed by atoms with Gasteiger partial charge in [0.2, 0.25) is 0 Å². The van der Waals surface area contributed by atoms with E-state index >= 15 is 0 Å². The van der Waals surface area contributed by atoms with Gasteiger partial charge in [-0.25, -0.2) is 4.98 Å². The van der Waals surface area contributed by atoms with Crippen LogP contribution >= 0.6 is 11.3 Å². The van der Waals surface area contributed by atoms with Crippen molar-refractivity contribution in [3.8, 4) is 12.3 Å². The van der Waals surface area contributed by atoms with Gasteiger partial charge in [0.05, 0.1) is 5.01 Å². The first kappa shape index (κ1) is 9.24. The van der Waals surface area contributed by atoms with Crippen molar-refractivity contribution >= 4 is 11.3 Å². The molecule has 1 atom stereocenters. The van der Waals surface area contributed by atoms with Crippen LogP contribution in [0.1, 0.15) is 28.4 Å². The monoisotopic (exact) mass is 180 g/mol. The van der Waals surface area contributed by atoms with Crippen molar-refractivity contribution in [2.45, 2.75) is 19.8 Å². The second-order valence-corrected chi connectivity index (χ2v) is 3.97. The Balaban J connectivity index is 2.98. The fraction of sp³-hybridized carbons (Fsp3) is 0.444. The molecule has 64 valence electrons. The van der Waals surface area contributed by atoms with Gasteiger partial charge < -0.3 is 5.73 Å². The minimum Gasteiger partial charge on any atom is -0.330 e. The average Bonchev–Trinajstić information content (AvgIpc) is 2.45. The maximum absolute atomic E-state index is 5.52. The Morgan fingerprint density at radius 3 is 2.83 bits per heavy atom. The van der Waals surface area contributed by atoms with Gasteiger partial charge in [-0.05, 0) is 12.8 Å². The van der Waals surface area contributed by atoms with E-state index in [1.54, 1.807) is 11.3 Å². The lowest BCUT2D eigenvalue weighted by molar-refractivity contribution is 0.765.